The molecule has 2 rings (SSSR count). The molecule has 3 heteroatoms. The summed E-state index contributed by atoms with van der Waals surface area (Å²) in [6, 6.07) is 4.26. The first-order chi connectivity index (χ1) is 5.29. The van der Waals surface area contributed by atoms with Gasteiger partial charge >= 0.3 is 0 Å². The number of hydrogen-bond acceptors (Lipinski definition) is 1. The maximum atomic E-state index is 5.46. The minimum absolute atomic E-state index is 0.831. The van der Waals surface area contributed by atoms with Crippen LogP contribution in [0.25, 0.3) is 0 Å². The fourth-order valence-electron chi connectivity index (χ4n) is 1.31. The first kappa shape index (κ1) is 7.23. The largest absolute Gasteiger partial charge is 0.492 e. The van der Waals surface area contributed by atoms with Gasteiger partial charge in [-0.2, -0.15) is 0 Å². The van der Waals surface area contributed by atoms with E-state index in [0.717, 1.165) is 23.2 Å². The molecule has 0 atom stereocenters. The number of rotatable bonds is 0. The van der Waals surface area contributed by atoms with Crippen molar-refractivity contribution in [1.82, 2.24) is 0 Å². The molecule has 1 aliphatic rings. The third kappa shape index (κ3) is 1.08. The Kier molecular flexibility index (Phi) is 1.68. The predicted octanol–water partition coefficient (Wildman–Crippen LogP) is 0.642. The summed E-state index contributed by atoms with van der Waals surface area (Å²) in [7, 11) is 2.08. The molecule has 1 aliphatic heterocycles. The zero-order chi connectivity index (χ0) is 7.84. The molecule has 0 aliphatic carbocycles. The van der Waals surface area contributed by atoms with Gasteiger partial charge in [0, 0.05) is 6.42 Å². The molecule has 0 bridgehead atoms. The number of hydrogen-bond donors (Lipinski definition) is 0. The van der Waals surface area contributed by atoms with Crippen molar-refractivity contribution in [3.63, 3.8) is 0 Å². The van der Waals surface area contributed by atoms with Crippen molar-refractivity contribution < 1.29 is 4.74 Å². The lowest BCUT2D eigenvalue weighted by Crippen LogP contribution is -2.04. The highest BCUT2D eigenvalue weighted by Gasteiger charge is 2.15. The Balaban J connectivity index is 2.62. The van der Waals surface area contributed by atoms with Gasteiger partial charge in [-0.25, -0.2) is 0 Å². The Labute approximate surface area is 75.3 Å². The molecule has 0 spiro atoms. The van der Waals surface area contributed by atoms with E-state index < -0.39 is 0 Å². The average Bonchev–Trinajstić information content (AvgIpc) is 2.45. The van der Waals surface area contributed by atoms with Gasteiger partial charge in [0.2, 0.25) is 0 Å². The number of benzene rings is 1. The Morgan fingerprint density at radius 1 is 1.45 bits per heavy atom. The van der Waals surface area contributed by atoms with Crippen LogP contribution >= 0.6 is 15.9 Å². The number of ether oxygens (including phenoxy) is 1. The van der Waals surface area contributed by atoms with Crippen molar-refractivity contribution in [2.24, 2.45) is 0 Å². The Bertz CT molecular complexity index is 298. The van der Waals surface area contributed by atoms with Crippen LogP contribution in [0.3, 0.4) is 0 Å². The van der Waals surface area contributed by atoms with Gasteiger partial charge in [-0.05, 0) is 21.5 Å². The molecule has 1 nitrogen and oxygen atoms in total. The van der Waals surface area contributed by atoms with E-state index in [0.29, 0.717) is 0 Å². The number of halogens is 1. The second kappa shape index (κ2) is 2.56. The van der Waals surface area contributed by atoms with Gasteiger partial charge in [0.25, 0.3) is 0 Å². The van der Waals surface area contributed by atoms with E-state index in [-0.39, 0.29) is 0 Å². The summed E-state index contributed by atoms with van der Waals surface area (Å²) >= 11 is 3.51. The van der Waals surface area contributed by atoms with Crippen LogP contribution in [0.5, 0.6) is 5.75 Å². The van der Waals surface area contributed by atoms with Crippen molar-refractivity contribution in [2.45, 2.75) is 6.42 Å². The highest BCUT2D eigenvalue weighted by molar-refractivity contribution is 9.10. The predicted molar refractivity (Wildman–Crippen MR) is 51.5 cm³/mol. The van der Waals surface area contributed by atoms with E-state index in [2.05, 4.69) is 35.9 Å². The average molecular weight is 211 g/mol. The molecule has 0 saturated carbocycles. The smallest absolute Gasteiger partial charge is 0.140 e. The quantitative estimate of drug-likeness (QED) is 0.572. The van der Waals surface area contributed by atoms with E-state index in [9.17, 15) is 0 Å². The van der Waals surface area contributed by atoms with E-state index in [1.807, 2.05) is 0 Å². The van der Waals surface area contributed by atoms with Crippen LogP contribution in [-0.4, -0.2) is 14.5 Å². The van der Waals surface area contributed by atoms with Gasteiger partial charge in [-0.1, -0.05) is 17.6 Å². The summed E-state index contributed by atoms with van der Waals surface area (Å²) in [4.78, 5) is 0. The summed E-state index contributed by atoms with van der Waals surface area (Å²) in [5, 5.41) is 0. The zero-order valence-corrected chi connectivity index (χ0v) is 7.94. The molecule has 0 N–H and O–H groups in total. The van der Waals surface area contributed by atoms with E-state index in [1.54, 1.807) is 0 Å². The van der Waals surface area contributed by atoms with E-state index in [4.69, 9.17) is 4.74 Å². The van der Waals surface area contributed by atoms with E-state index in [1.165, 1.54) is 11.0 Å². The first-order valence-corrected chi connectivity index (χ1v) is 4.49. The van der Waals surface area contributed by atoms with Crippen molar-refractivity contribution in [2.75, 3.05) is 6.61 Å². The molecule has 0 fully saturated rings. The van der Waals surface area contributed by atoms with Crippen molar-refractivity contribution >= 4 is 29.2 Å². The molecular formula is C8H8BBrO. The van der Waals surface area contributed by atoms with Gasteiger partial charge in [0.1, 0.15) is 13.6 Å². The molecule has 0 saturated heterocycles. The number of fused-ring (bicyclic) bond motifs is 1. The van der Waals surface area contributed by atoms with Crippen LogP contribution in [0.2, 0.25) is 0 Å². The molecule has 0 radical (unpaired) electrons. The molecule has 1 aromatic carbocycles. The molecule has 1 aromatic rings. The molecule has 1 heterocycles. The molecule has 0 unspecified atom stereocenters. The van der Waals surface area contributed by atoms with Crippen molar-refractivity contribution in [3.8, 4) is 5.75 Å². The molecule has 0 aromatic heterocycles. The topological polar surface area (TPSA) is 9.23 Å². The van der Waals surface area contributed by atoms with Crippen molar-refractivity contribution in [1.29, 1.82) is 0 Å². The Hall–Kier alpha value is -0.435. The second-order valence-corrected chi connectivity index (χ2v) is 3.58. The standard InChI is InChI=1S/C8H8BBrO/c9-6-2-1-5-3-4-11-8(5)7(6)10/h1-2H,3-4,9H2. The minimum atomic E-state index is 0.831. The van der Waals surface area contributed by atoms with Gasteiger partial charge in [0.05, 0.1) is 11.1 Å². The SMILES string of the molecule is Bc1ccc2c(c1Br)OCC2. The van der Waals surface area contributed by atoms with Crippen LogP contribution in [0.15, 0.2) is 16.6 Å². The fraction of sp³-hybridized carbons (Fsp3) is 0.250. The van der Waals surface area contributed by atoms with Crippen LogP contribution in [-0.2, 0) is 6.42 Å². The fourth-order valence-corrected chi connectivity index (χ4v) is 1.81. The van der Waals surface area contributed by atoms with Gasteiger partial charge < -0.3 is 4.74 Å². The lowest BCUT2D eigenvalue weighted by atomic mass is 9.94. The van der Waals surface area contributed by atoms with Crippen LogP contribution in [0.1, 0.15) is 5.56 Å². The van der Waals surface area contributed by atoms with Gasteiger partial charge in [0.15, 0.2) is 0 Å². The molecule has 11 heavy (non-hydrogen) atoms. The van der Waals surface area contributed by atoms with E-state index >= 15 is 0 Å². The molecule has 56 valence electrons. The lowest BCUT2D eigenvalue weighted by molar-refractivity contribution is 0.355. The third-order valence-corrected chi connectivity index (χ3v) is 2.98. The summed E-state index contributed by atoms with van der Waals surface area (Å²) in [6.07, 6.45) is 1.05. The summed E-state index contributed by atoms with van der Waals surface area (Å²) in [5.74, 6) is 1.05. The first-order valence-electron chi connectivity index (χ1n) is 3.70. The summed E-state index contributed by atoms with van der Waals surface area (Å²) in [6.45, 7) is 0.831. The summed E-state index contributed by atoms with van der Waals surface area (Å²) < 4.78 is 6.58. The van der Waals surface area contributed by atoms with Crippen molar-refractivity contribution in [3.05, 3.63) is 22.2 Å². The molecular weight excluding hydrogens is 203 g/mol. The minimum Gasteiger partial charge on any atom is -0.492 e. The van der Waals surface area contributed by atoms with Gasteiger partial charge in [-0.15, -0.1) is 0 Å². The maximum absolute atomic E-state index is 5.46. The normalized spacial score (nSPS) is 14.3. The second-order valence-electron chi connectivity index (χ2n) is 2.78. The third-order valence-electron chi connectivity index (χ3n) is 1.99. The highest BCUT2D eigenvalue weighted by Crippen LogP contribution is 2.31. The van der Waals surface area contributed by atoms with Crippen LogP contribution in [0.4, 0.5) is 0 Å². The van der Waals surface area contributed by atoms with Crippen LogP contribution in [0, 0.1) is 0 Å². The Morgan fingerprint density at radius 3 is 3.09 bits per heavy atom. The van der Waals surface area contributed by atoms with Crippen LogP contribution < -0.4 is 10.2 Å². The summed E-state index contributed by atoms with van der Waals surface area (Å²) in [5.41, 5.74) is 2.56. The highest BCUT2D eigenvalue weighted by atomic mass is 79.9. The zero-order valence-electron chi connectivity index (χ0n) is 6.36. The molecule has 0 amide bonds. The monoisotopic (exact) mass is 210 g/mol. The Morgan fingerprint density at radius 2 is 2.27 bits per heavy atom. The van der Waals surface area contributed by atoms with Gasteiger partial charge in [-0.3, -0.25) is 0 Å². The maximum Gasteiger partial charge on any atom is 0.140 e. The lowest BCUT2D eigenvalue weighted by Gasteiger charge is -2.04.